The van der Waals surface area contributed by atoms with Crippen molar-refractivity contribution in [2.45, 2.75) is 51.1 Å². The minimum Gasteiger partial charge on any atom is -0.462 e. The first-order chi connectivity index (χ1) is 17.8. The van der Waals surface area contributed by atoms with Crippen molar-refractivity contribution in [3.8, 4) is 0 Å². The summed E-state index contributed by atoms with van der Waals surface area (Å²) in [4.78, 5) is 63.4. The fourth-order valence-electron chi connectivity index (χ4n) is 5.02. The van der Waals surface area contributed by atoms with Crippen molar-refractivity contribution in [3.63, 3.8) is 0 Å². The number of pyridine rings is 1. The molecule has 2 fully saturated rings. The summed E-state index contributed by atoms with van der Waals surface area (Å²) in [5, 5.41) is 11.9. The smallest absolute Gasteiger partial charge is 0.333 e. The predicted octanol–water partition coefficient (Wildman–Crippen LogP) is 0.769. The average Bonchev–Trinajstić information content (AvgIpc) is 3.66. The van der Waals surface area contributed by atoms with E-state index in [1.54, 1.807) is 19.1 Å². The minimum atomic E-state index is -0.803. The molecule has 3 aliphatic rings. The quantitative estimate of drug-likeness (QED) is 0.364. The van der Waals surface area contributed by atoms with E-state index in [2.05, 4.69) is 21.1 Å². The van der Waals surface area contributed by atoms with Gasteiger partial charge in [-0.2, -0.15) is 0 Å². The molecule has 0 aliphatic carbocycles. The van der Waals surface area contributed by atoms with E-state index in [0.717, 1.165) is 0 Å². The zero-order valence-electron chi connectivity index (χ0n) is 20.2. The molecule has 0 saturated carbocycles. The van der Waals surface area contributed by atoms with Gasteiger partial charge >= 0.3 is 5.97 Å². The molecule has 12 heteroatoms. The van der Waals surface area contributed by atoms with E-state index in [9.17, 15) is 24.0 Å². The maximum atomic E-state index is 13.4. The number of carbonyl (C=O) groups is 4. The summed E-state index contributed by atoms with van der Waals surface area (Å²) in [6.45, 7) is 2.49. The zero-order valence-corrected chi connectivity index (χ0v) is 20.2. The molecular weight excluding hydrogens is 482 g/mol. The van der Waals surface area contributed by atoms with Crippen LogP contribution in [0.2, 0.25) is 0 Å². The van der Waals surface area contributed by atoms with Crippen LogP contribution < -0.4 is 21.5 Å². The monoisotopic (exact) mass is 509 g/mol. The lowest BCUT2D eigenvalue weighted by molar-refractivity contribution is -0.135. The molecule has 5 heterocycles. The first-order valence-corrected chi connectivity index (χ1v) is 12.2. The van der Waals surface area contributed by atoms with E-state index in [4.69, 9.17) is 9.26 Å². The third-order valence-corrected chi connectivity index (χ3v) is 6.90. The van der Waals surface area contributed by atoms with Gasteiger partial charge in [0.25, 0.3) is 11.5 Å². The molecule has 0 aromatic carbocycles. The van der Waals surface area contributed by atoms with Crippen LogP contribution in [0.25, 0.3) is 0 Å². The van der Waals surface area contributed by atoms with E-state index in [1.165, 1.54) is 16.7 Å². The van der Waals surface area contributed by atoms with Gasteiger partial charge in [0.2, 0.25) is 11.8 Å². The molecule has 3 atom stereocenters. The highest BCUT2D eigenvalue weighted by molar-refractivity contribution is 6.02. The van der Waals surface area contributed by atoms with E-state index in [1.807, 2.05) is 0 Å². The molecule has 2 saturated heterocycles. The number of fused-ring (bicyclic) bond motifs is 1. The normalized spacial score (nSPS) is 22.5. The van der Waals surface area contributed by atoms with Gasteiger partial charge in [-0.15, -0.1) is 0 Å². The number of nitrogens with zero attached hydrogens (tertiary/aromatic N) is 2. The number of rotatable bonds is 7. The van der Waals surface area contributed by atoms with Gasteiger partial charge in [0.15, 0.2) is 5.69 Å². The van der Waals surface area contributed by atoms with Crippen molar-refractivity contribution in [1.82, 2.24) is 20.4 Å². The number of carbonyl (C=O) groups excluding carboxylic acids is 4. The second-order valence-electron chi connectivity index (χ2n) is 9.45. The van der Waals surface area contributed by atoms with Crippen LogP contribution in [0, 0.1) is 12.8 Å². The third kappa shape index (κ3) is 5.04. The molecule has 2 aromatic heterocycles. The number of esters is 1. The van der Waals surface area contributed by atoms with Gasteiger partial charge in [0.1, 0.15) is 17.5 Å². The standard InChI is InChI=1S/C25H27N5O7/c1-13-10-19(29-37-13)22(32)28-18-4-2-17-3-5-20(30(17)24(18)34)23(33)27-16(11-14-6-8-26-21(14)31)12-15-7-9-36-25(15)35/h2,4,10,12,14,16,20H,3,5-9,11H2,1H3,(H,26,31)(H,27,33)(H,28,32)/t14-,16-,20-/m0/s1. The van der Waals surface area contributed by atoms with E-state index < -0.39 is 35.4 Å². The lowest BCUT2D eigenvalue weighted by Crippen LogP contribution is -2.42. The Bertz CT molecular complexity index is 1360. The van der Waals surface area contributed by atoms with E-state index in [-0.39, 0.29) is 29.8 Å². The van der Waals surface area contributed by atoms with Crippen molar-refractivity contribution < 1.29 is 28.4 Å². The van der Waals surface area contributed by atoms with Crippen molar-refractivity contribution in [2.75, 3.05) is 18.5 Å². The Morgan fingerprint density at radius 3 is 2.76 bits per heavy atom. The first-order valence-electron chi connectivity index (χ1n) is 12.2. The highest BCUT2D eigenvalue weighted by Crippen LogP contribution is 2.26. The Morgan fingerprint density at radius 1 is 1.24 bits per heavy atom. The van der Waals surface area contributed by atoms with Gasteiger partial charge in [-0.25, -0.2) is 4.79 Å². The second-order valence-corrected chi connectivity index (χ2v) is 9.45. The van der Waals surface area contributed by atoms with Crippen molar-refractivity contribution in [1.29, 1.82) is 0 Å². The minimum absolute atomic E-state index is 0.0177. The molecule has 3 aliphatic heterocycles. The van der Waals surface area contributed by atoms with E-state index in [0.29, 0.717) is 55.7 Å². The molecule has 37 heavy (non-hydrogen) atoms. The van der Waals surface area contributed by atoms with Gasteiger partial charge < -0.3 is 25.2 Å². The summed E-state index contributed by atoms with van der Waals surface area (Å²) in [5.74, 6) is -1.35. The van der Waals surface area contributed by atoms with Gasteiger partial charge in [0, 0.05) is 42.3 Å². The Balaban J connectivity index is 1.36. The van der Waals surface area contributed by atoms with Crippen LogP contribution in [-0.2, 0) is 25.5 Å². The zero-order chi connectivity index (χ0) is 26.1. The summed E-state index contributed by atoms with van der Waals surface area (Å²) < 4.78 is 11.3. The van der Waals surface area contributed by atoms with Crippen LogP contribution in [0.3, 0.4) is 0 Å². The molecule has 0 radical (unpaired) electrons. The maximum absolute atomic E-state index is 13.4. The van der Waals surface area contributed by atoms with Gasteiger partial charge in [-0.1, -0.05) is 11.2 Å². The van der Waals surface area contributed by atoms with Crippen molar-refractivity contribution in [2.24, 2.45) is 5.92 Å². The van der Waals surface area contributed by atoms with Crippen LogP contribution in [-0.4, -0.2) is 52.6 Å². The lowest BCUT2D eigenvalue weighted by atomic mass is 9.96. The first kappa shape index (κ1) is 24.5. The summed E-state index contributed by atoms with van der Waals surface area (Å²) in [6.07, 6.45) is 3.97. The highest BCUT2D eigenvalue weighted by Gasteiger charge is 2.34. The number of aromatic nitrogens is 2. The number of ether oxygens (including phenoxy) is 1. The summed E-state index contributed by atoms with van der Waals surface area (Å²) in [6, 6.07) is 3.28. The molecule has 3 amide bonds. The van der Waals surface area contributed by atoms with Gasteiger partial charge in [-0.3, -0.25) is 23.7 Å². The average molecular weight is 510 g/mol. The third-order valence-electron chi connectivity index (χ3n) is 6.90. The molecular formula is C25H27N5O7. The number of aryl methyl sites for hydroxylation is 2. The summed E-state index contributed by atoms with van der Waals surface area (Å²) in [5.41, 5.74) is 0.678. The summed E-state index contributed by atoms with van der Waals surface area (Å²) in [7, 11) is 0. The van der Waals surface area contributed by atoms with Crippen LogP contribution >= 0.6 is 0 Å². The topological polar surface area (TPSA) is 162 Å². The number of hydrogen-bond donors (Lipinski definition) is 3. The summed E-state index contributed by atoms with van der Waals surface area (Å²) >= 11 is 0. The second kappa shape index (κ2) is 10.0. The lowest BCUT2D eigenvalue weighted by Gasteiger charge is -2.22. The highest BCUT2D eigenvalue weighted by atomic mass is 16.5. The van der Waals surface area contributed by atoms with Crippen LogP contribution in [0.5, 0.6) is 0 Å². The molecule has 3 N–H and O–H groups in total. The number of amides is 3. The van der Waals surface area contributed by atoms with E-state index >= 15 is 0 Å². The van der Waals surface area contributed by atoms with Crippen molar-refractivity contribution >= 4 is 29.4 Å². The molecule has 2 aromatic rings. The number of nitrogens with one attached hydrogen (secondary N) is 3. The van der Waals surface area contributed by atoms with Crippen molar-refractivity contribution in [3.05, 3.63) is 57.4 Å². The van der Waals surface area contributed by atoms with Crippen LogP contribution in [0.4, 0.5) is 5.69 Å². The molecule has 0 spiro atoms. The number of cyclic esters (lactones) is 1. The molecule has 0 unspecified atom stereocenters. The fourth-order valence-corrected chi connectivity index (χ4v) is 5.02. The number of anilines is 1. The van der Waals surface area contributed by atoms with Crippen LogP contribution in [0.15, 0.2) is 39.2 Å². The Hall–Kier alpha value is -4.22. The molecule has 194 valence electrons. The largest absolute Gasteiger partial charge is 0.462 e. The fraction of sp³-hybridized carbons (Fsp3) is 0.440. The Labute approximate surface area is 211 Å². The SMILES string of the molecule is Cc1cc(C(=O)Nc2ccc3n(c2=O)[C@H](C(=O)N[C@H](C=C2CCOC2=O)C[C@@H]2CCNC2=O)CC3)no1. The predicted molar refractivity (Wildman–Crippen MR) is 129 cm³/mol. The molecule has 12 nitrogen and oxygen atoms in total. The van der Waals surface area contributed by atoms with Gasteiger partial charge in [-0.05, 0) is 44.7 Å². The maximum Gasteiger partial charge on any atom is 0.333 e. The molecule has 5 rings (SSSR count). The van der Waals surface area contributed by atoms with Crippen LogP contribution in [0.1, 0.15) is 53.7 Å². The molecule has 0 bridgehead atoms. The Morgan fingerprint density at radius 2 is 2.08 bits per heavy atom. The van der Waals surface area contributed by atoms with Gasteiger partial charge in [0.05, 0.1) is 6.61 Å². The Kier molecular flexibility index (Phi) is 6.64. The number of hydrogen-bond acceptors (Lipinski definition) is 8.